The van der Waals surface area contributed by atoms with Gasteiger partial charge in [0.1, 0.15) is 16.4 Å². The number of halogens is 1. The van der Waals surface area contributed by atoms with E-state index in [1.54, 1.807) is 30.3 Å². The molecule has 2 fully saturated rings. The lowest BCUT2D eigenvalue weighted by atomic mass is 9.70. The Bertz CT molecular complexity index is 1430. The molecule has 0 saturated heterocycles. The minimum atomic E-state index is -3.71. The number of aromatic nitrogens is 3. The van der Waals surface area contributed by atoms with Crippen LogP contribution in [0.3, 0.4) is 0 Å². The van der Waals surface area contributed by atoms with E-state index in [1.807, 2.05) is 10.9 Å². The zero-order valence-electron chi connectivity index (χ0n) is 20.9. The Balaban J connectivity index is 1.31. The predicted molar refractivity (Wildman–Crippen MR) is 133 cm³/mol. The average molecular weight is 511 g/mol. The van der Waals surface area contributed by atoms with E-state index in [1.165, 1.54) is 17.7 Å². The fourth-order valence-corrected chi connectivity index (χ4v) is 7.94. The Hall–Kier alpha value is -2.78. The molecule has 0 radical (unpaired) electrons. The van der Waals surface area contributed by atoms with E-state index in [2.05, 4.69) is 23.3 Å². The first-order chi connectivity index (χ1) is 17.2. The Morgan fingerprint density at radius 3 is 2.58 bits per heavy atom. The van der Waals surface area contributed by atoms with Crippen LogP contribution in [0.2, 0.25) is 0 Å². The molecule has 3 aromatic rings. The summed E-state index contributed by atoms with van der Waals surface area (Å²) in [5, 5.41) is 8.52. The summed E-state index contributed by atoms with van der Waals surface area (Å²) in [7, 11) is -3.71. The Morgan fingerprint density at radius 2 is 1.92 bits per heavy atom. The van der Waals surface area contributed by atoms with Crippen LogP contribution < -0.4 is 0 Å². The molecule has 0 bridgehead atoms. The second kappa shape index (κ2) is 8.38. The number of nitrogens with zero attached hydrogens (tertiary/aromatic N) is 4. The number of rotatable bonds is 7. The minimum absolute atomic E-state index is 0.139. The fraction of sp³-hybridized carbons (Fsp3) is 0.481. The number of benzene rings is 1. The van der Waals surface area contributed by atoms with E-state index in [4.69, 9.17) is 4.52 Å². The molecule has 3 aliphatic carbocycles. The molecule has 6 rings (SSSR count). The van der Waals surface area contributed by atoms with Crippen LogP contribution in [-0.4, -0.2) is 40.7 Å². The van der Waals surface area contributed by atoms with Crippen LogP contribution in [0.4, 0.5) is 4.39 Å². The number of hydrogen-bond donors (Lipinski definition) is 0. The van der Waals surface area contributed by atoms with Gasteiger partial charge in [0, 0.05) is 13.1 Å². The number of allylic oxidation sites excluding steroid dienone is 1. The van der Waals surface area contributed by atoms with Crippen molar-refractivity contribution in [3.05, 3.63) is 64.6 Å². The Morgan fingerprint density at radius 1 is 1.17 bits per heavy atom. The largest absolute Gasteiger partial charge is 0.360 e. The van der Waals surface area contributed by atoms with Crippen LogP contribution in [-0.2, 0) is 16.4 Å². The number of hydrogen-bond acceptors (Lipinski definition) is 5. The van der Waals surface area contributed by atoms with Crippen LogP contribution in [0.1, 0.15) is 55.3 Å². The van der Waals surface area contributed by atoms with Crippen LogP contribution in [0.15, 0.2) is 45.5 Å². The van der Waals surface area contributed by atoms with E-state index in [0.717, 1.165) is 49.0 Å². The Kier molecular flexibility index (Phi) is 5.50. The lowest BCUT2D eigenvalue weighted by molar-refractivity contribution is 0.217. The van der Waals surface area contributed by atoms with E-state index in [0.29, 0.717) is 30.5 Å². The maximum Gasteiger partial charge on any atom is 0.248 e. The zero-order valence-corrected chi connectivity index (χ0v) is 21.7. The van der Waals surface area contributed by atoms with Gasteiger partial charge in [-0.05, 0) is 99.1 Å². The van der Waals surface area contributed by atoms with Crippen molar-refractivity contribution in [3.63, 3.8) is 0 Å². The molecule has 0 amide bonds. The normalized spacial score (nSPS) is 23.6. The first-order valence-electron chi connectivity index (χ1n) is 12.6. The molecular formula is C27H31FN4O3S. The van der Waals surface area contributed by atoms with Gasteiger partial charge in [-0.15, -0.1) is 0 Å². The highest BCUT2D eigenvalue weighted by Gasteiger charge is 2.48. The monoisotopic (exact) mass is 510 g/mol. The summed E-state index contributed by atoms with van der Waals surface area (Å²) in [5.74, 6) is 0.699. The smallest absolute Gasteiger partial charge is 0.248 e. The fourth-order valence-electron chi connectivity index (χ4n) is 6.09. The van der Waals surface area contributed by atoms with Gasteiger partial charge in [-0.3, -0.25) is 0 Å². The van der Waals surface area contributed by atoms with Crippen LogP contribution in [0.25, 0.3) is 11.8 Å². The van der Waals surface area contributed by atoms with Gasteiger partial charge in [-0.25, -0.2) is 17.5 Å². The van der Waals surface area contributed by atoms with Gasteiger partial charge in [0.2, 0.25) is 10.0 Å². The molecule has 2 aromatic heterocycles. The van der Waals surface area contributed by atoms with Gasteiger partial charge in [0.05, 0.1) is 17.6 Å². The second-order valence-corrected chi connectivity index (χ2v) is 12.7. The molecule has 2 atom stereocenters. The molecule has 0 spiro atoms. The number of sulfonamides is 1. The molecular weight excluding hydrogens is 479 g/mol. The van der Waals surface area contributed by atoms with E-state index in [-0.39, 0.29) is 22.0 Å². The number of fused-ring (bicyclic) bond motifs is 2. The third-order valence-electron chi connectivity index (χ3n) is 8.37. The first kappa shape index (κ1) is 23.6. The Labute approximate surface area is 211 Å². The highest BCUT2D eigenvalue weighted by molar-refractivity contribution is 7.89. The van der Waals surface area contributed by atoms with Crippen LogP contribution >= 0.6 is 0 Å². The molecule has 9 heteroatoms. The van der Waals surface area contributed by atoms with Crippen molar-refractivity contribution in [3.8, 4) is 5.69 Å². The lowest BCUT2D eigenvalue weighted by Crippen LogP contribution is -2.42. The molecule has 190 valence electrons. The maximum atomic E-state index is 13.8. The maximum absolute atomic E-state index is 13.8. The third-order valence-corrected chi connectivity index (χ3v) is 10.4. The molecule has 0 unspecified atom stereocenters. The molecule has 36 heavy (non-hydrogen) atoms. The van der Waals surface area contributed by atoms with Crippen LogP contribution in [0.5, 0.6) is 0 Å². The highest BCUT2D eigenvalue weighted by Crippen LogP contribution is 2.53. The van der Waals surface area contributed by atoms with Crippen molar-refractivity contribution >= 4 is 16.1 Å². The first-order valence-corrected chi connectivity index (χ1v) is 14.1. The van der Waals surface area contributed by atoms with Crippen molar-refractivity contribution in [1.82, 2.24) is 19.2 Å². The highest BCUT2D eigenvalue weighted by atomic mass is 32.2. The summed E-state index contributed by atoms with van der Waals surface area (Å²) in [6.45, 7) is 6.66. The third kappa shape index (κ3) is 3.84. The van der Waals surface area contributed by atoms with Crippen molar-refractivity contribution < 1.29 is 17.3 Å². The number of aryl methyl sites for hydroxylation is 2. The van der Waals surface area contributed by atoms with Crippen LogP contribution in [0, 0.1) is 36.9 Å². The molecule has 1 aromatic carbocycles. The molecule has 0 N–H and O–H groups in total. The van der Waals surface area contributed by atoms with E-state index in [9.17, 15) is 12.8 Å². The van der Waals surface area contributed by atoms with Gasteiger partial charge in [0.15, 0.2) is 5.76 Å². The van der Waals surface area contributed by atoms with Gasteiger partial charge in [-0.2, -0.15) is 9.40 Å². The molecule has 2 heterocycles. The summed E-state index contributed by atoms with van der Waals surface area (Å²) in [4.78, 5) is 0.216. The summed E-state index contributed by atoms with van der Waals surface area (Å²) in [6, 6.07) is 6.37. The van der Waals surface area contributed by atoms with Crippen molar-refractivity contribution in [2.24, 2.45) is 17.3 Å². The SMILES string of the molecule is Cc1noc(C)c1S(=O)(=O)N(CC1CC1)C[C@H]1CCC2=Cc3c(cnn3-c3ccc(F)cc3)C[C@@]21C. The van der Waals surface area contributed by atoms with Gasteiger partial charge < -0.3 is 4.52 Å². The van der Waals surface area contributed by atoms with E-state index >= 15 is 0 Å². The second-order valence-electron chi connectivity index (χ2n) is 10.9. The average Bonchev–Trinajstić information content (AvgIpc) is 3.35. The summed E-state index contributed by atoms with van der Waals surface area (Å²) in [5.41, 5.74) is 4.62. The van der Waals surface area contributed by atoms with Crippen molar-refractivity contribution in [2.45, 2.75) is 57.8 Å². The lowest BCUT2D eigenvalue weighted by Gasteiger charge is -2.38. The standard InChI is InChI=1S/C27H31FN4O3S/c1-17-26(18(2)35-30-17)36(33,34)31(15-19-4-5-19)16-22-7-6-21-12-25-20(13-27(21,22)3)14-29-32(25)24-10-8-23(28)9-11-24/h8-12,14,19,22H,4-7,13,15-16H2,1-3H3/t22-,27+/m1/s1. The van der Waals surface area contributed by atoms with Gasteiger partial charge in [0.25, 0.3) is 0 Å². The topological polar surface area (TPSA) is 81.2 Å². The molecule has 7 nitrogen and oxygen atoms in total. The van der Waals surface area contributed by atoms with Gasteiger partial charge in [-0.1, -0.05) is 17.7 Å². The van der Waals surface area contributed by atoms with Crippen molar-refractivity contribution in [1.29, 1.82) is 0 Å². The van der Waals surface area contributed by atoms with Crippen molar-refractivity contribution in [2.75, 3.05) is 13.1 Å². The zero-order chi connectivity index (χ0) is 25.2. The quantitative estimate of drug-likeness (QED) is 0.443. The summed E-state index contributed by atoms with van der Waals surface area (Å²) in [6.07, 6.45) is 8.95. The minimum Gasteiger partial charge on any atom is -0.360 e. The van der Waals surface area contributed by atoms with Gasteiger partial charge >= 0.3 is 0 Å². The molecule has 0 aliphatic heterocycles. The summed E-state index contributed by atoms with van der Waals surface area (Å²) < 4.78 is 49.8. The molecule has 2 saturated carbocycles. The predicted octanol–water partition coefficient (Wildman–Crippen LogP) is 5.07. The van der Waals surface area contributed by atoms with E-state index < -0.39 is 10.0 Å². The molecule has 3 aliphatic rings. The summed E-state index contributed by atoms with van der Waals surface area (Å²) >= 11 is 0.